The molecule has 30 heavy (non-hydrogen) atoms. The number of rotatable bonds is 5. The third-order valence-corrected chi connectivity index (χ3v) is 9.32. The Balaban J connectivity index is 2.33. The number of amides is 1. The van der Waals surface area contributed by atoms with Crippen LogP contribution in [0.25, 0.3) is 5.57 Å². The van der Waals surface area contributed by atoms with Gasteiger partial charge in [-0.25, -0.2) is 8.78 Å². The summed E-state index contributed by atoms with van der Waals surface area (Å²) in [5.41, 5.74) is 8.69. The van der Waals surface area contributed by atoms with Gasteiger partial charge in [-0.2, -0.15) is 0 Å². The van der Waals surface area contributed by atoms with Gasteiger partial charge >= 0.3 is 0 Å². The first-order valence-corrected chi connectivity index (χ1v) is 13.0. The first-order valence-electron chi connectivity index (χ1n) is 9.97. The van der Waals surface area contributed by atoms with Crippen molar-refractivity contribution >= 4 is 41.3 Å². The average Bonchev–Trinajstić information content (AvgIpc) is 2.62. The van der Waals surface area contributed by atoms with E-state index in [1.165, 1.54) is 0 Å². The minimum absolute atomic E-state index is 0.186. The Kier molecular flexibility index (Phi) is 5.78. The van der Waals surface area contributed by atoms with Gasteiger partial charge in [0.25, 0.3) is 0 Å². The zero-order valence-corrected chi connectivity index (χ0v) is 19.4. The van der Waals surface area contributed by atoms with Crippen LogP contribution in [0.3, 0.4) is 0 Å². The van der Waals surface area contributed by atoms with Crippen molar-refractivity contribution in [3.63, 3.8) is 0 Å². The van der Waals surface area contributed by atoms with Crippen LogP contribution in [0.5, 0.6) is 0 Å². The number of fused-ring (bicyclic) bond motifs is 2. The van der Waals surface area contributed by atoms with Gasteiger partial charge in [0.15, 0.2) is 0 Å². The van der Waals surface area contributed by atoms with Crippen LogP contribution in [-0.4, -0.2) is 42.2 Å². The summed E-state index contributed by atoms with van der Waals surface area (Å²) < 4.78 is 29.8. The molecule has 0 radical (unpaired) electrons. The lowest BCUT2D eigenvalue weighted by atomic mass is 9.94. The third kappa shape index (κ3) is 3.74. The third-order valence-electron chi connectivity index (χ3n) is 5.80. The van der Waals surface area contributed by atoms with E-state index in [1.54, 1.807) is 21.9 Å². The first kappa shape index (κ1) is 22.0. The van der Waals surface area contributed by atoms with E-state index in [0.717, 1.165) is 27.1 Å². The maximum absolute atomic E-state index is 14.9. The molecule has 1 heterocycles. The van der Waals surface area contributed by atoms with Crippen LogP contribution in [0.1, 0.15) is 24.0 Å². The van der Waals surface area contributed by atoms with Crippen molar-refractivity contribution in [3.05, 3.63) is 53.1 Å². The van der Waals surface area contributed by atoms with E-state index >= 15 is 0 Å². The van der Waals surface area contributed by atoms with Crippen molar-refractivity contribution in [1.82, 2.24) is 0 Å². The molecule has 0 aromatic heterocycles. The molecule has 2 aromatic rings. The molecule has 0 fully saturated rings. The number of nitrogens with two attached hydrogens (primary N) is 1. The number of allylic oxidation sites excluding steroid dienone is 1. The van der Waals surface area contributed by atoms with E-state index in [1.807, 2.05) is 46.4 Å². The summed E-state index contributed by atoms with van der Waals surface area (Å²) in [5, 5.41) is 2.20. The van der Waals surface area contributed by atoms with Crippen LogP contribution < -0.4 is 25.9 Å². The lowest BCUT2D eigenvalue weighted by Gasteiger charge is -2.37. The van der Waals surface area contributed by atoms with E-state index < -0.39 is 14.0 Å². The van der Waals surface area contributed by atoms with Gasteiger partial charge in [0, 0.05) is 34.6 Å². The highest BCUT2D eigenvalue weighted by atomic mass is 28.3. The van der Waals surface area contributed by atoms with Crippen LogP contribution in [0, 0.1) is 11.6 Å². The molecule has 0 aliphatic carbocycles. The smallest absolute Gasteiger partial charge is 0.217 e. The second-order valence-corrected chi connectivity index (χ2v) is 13.1. The molecule has 0 unspecified atom stereocenters. The fraction of sp³-hybridized carbons (Fsp3) is 0.348. The zero-order valence-electron chi connectivity index (χ0n) is 18.4. The van der Waals surface area contributed by atoms with E-state index in [0.29, 0.717) is 17.8 Å². The van der Waals surface area contributed by atoms with Gasteiger partial charge in [-0.3, -0.25) is 4.79 Å². The molecule has 0 saturated carbocycles. The number of carbonyl (C=O) groups excluding carboxylic acids is 1. The molecule has 2 aromatic carbocycles. The molecule has 1 amide bonds. The van der Waals surface area contributed by atoms with E-state index in [2.05, 4.69) is 13.1 Å². The fourth-order valence-electron chi connectivity index (χ4n) is 4.16. The quantitative estimate of drug-likeness (QED) is 0.744. The molecule has 0 bridgehead atoms. The summed E-state index contributed by atoms with van der Waals surface area (Å²) in [5.74, 6) is -1.04. The maximum Gasteiger partial charge on any atom is 0.217 e. The van der Waals surface area contributed by atoms with Crippen molar-refractivity contribution in [2.24, 2.45) is 5.73 Å². The molecule has 160 valence electrons. The second-order valence-electron chi connectivity index (χ2n) is 8.74. The van der Waals surface area contributed by atoms with Crippen molar-refractivity contribution in [3.8, 4) is 0 Å². The molecule has 4 nitrogen and oxygen atoms in total. The van der Waals surface area contributed by atoms with E-state index in [4.69, 9.17) is 5.73 Å². The lowest BCUT2D eigenvalue weighted by Crippen LogP contribution is -2.58. The molecule has 0 atom stereocenters. The Labute approximate surface area is 178 Å². The SMILES string of the molecule is CN(C)c1cc2c(cc1F)C(=CCCC(N)=O)c1cc(F)c(N(C)C)cc1[Si]2(C)C. The molecular formula is C23H29F2N3OSi. The zero-order chi connectivity index (χ0) is 22.4. The number of benzene rings is 2. The summed E-state index contributed by atoms with van der Waals surface area (Å²) in [6, 6.07) is 6.97. The summed E-state index contributed by atoms with van der Waals surface area (Å²) >= 11 is 0. The Morgan fingerprint density at radius 2 is 1.37 bits per heavy atom. The van der Waals surface area contributed by atoms with Crippen molar-refractivity contribution < 1.29 is 13.6 Å². The van der Waals surface area contributed by atoms with Crippen molar-refractivity contribution in [2.45, 2.75) is 25.9 Å². The van der Waals surface area contributed by atoms with Gasteiger partial charge in [-0.05, 0) is 57.8 Å². The van der Waals surface area contributed by atoms with Crippen LogP contribution >= 0.6 is 0 Å². The number of hydrogen-bond acceptors (Lipinski definition) is 3. The van der Waals surface area contributed by atoms with Crippen LogP contribution in [0.4, 0.5) is 20.2 Å². The monoisotopic (exact) mass is 429 g/mol. The van der Waals surface area contributed by atoms with Crippen molar-refractivity contribution in [1.29, 1.82) is 0 Å². The number of carbonyl (C=O) groups is 1. The van der Waals surface area contributed by atoms with Gasteiger partial charge in [0.1, 0.15) is 19.7 Å². The van der Waals surface area contributed by atoms with Gasteiger partial charge in [-0.1, -0.05) is 19.2 Å². The highest BCUT2D eigenvalue weighted by Crippen LogP contribution is 2.35. The number of halogens is 2. The predicted molar refractivity (Wildman–Crippen MR) is 124 cm³/mol. The highest BCUT2D eigenvalue weighted by Gasteiger charge is 2.38. The normalized spacial score (nSPS) is 14.1. The standard InChI is InChI=1S/C23H29F2N3OSi/c1-27(2)19-12-21-15(10-17(19)24)14(8-7-9-23(26)29)16-11-18(25)20(28(3)4)13-22(16)30(21,5)6/h8,10-13H,7,9H2,1-6H3,(H2,26,29). The van der Waals surface area contributed by atoms with Gasteiger partial charge in [-0.15, -0.1) is 0 Å². The Morgan fingerprint density at radius 1 is 0.933 bits per heavy atom. The van der Waals surface area contributed by atoms with E-state index in [9.17, 15) is 13.6 Å². The van der Waals surface area contributed by atoms with Gasteiger partial charge in [0.05, 0.1) is 11.4 Å². The molecule has 0 saturated heterocycles. The minimum Gasteiger partial charge on any atom is -0.375 e. The van der Waals surface area contributed by atoms with Crippen LogP contribution in [0.15, 0.2) is 30.3 Å². The highest BCUT2D eigenvalue weighted by molar-refractivity contribution is 7.02. The van der Waals surface area contributed by atoms with Crippen LogP contribution in [-0.2, 0) is 4.79 Å². The predicted octanol–water partition coefficient (Wildman–Crippen LogP) is 2.93. The van der Waals surface area contributed by atoms with E-state index in [-0.39, 0.29) is 18.1 Å². The average molecular weight is 430 g/mol. The molecule has 7 heteroatoms. The molecule has 0 spiro atoms. The maximum atomic E-state index is 14.9. The number of nitrogens with zero attached hydrogens (tertiary/aromatic N) is 2. The van der Waals surface area contributed by atoms with Gasteiger partial charge < -0.3 is 15.5 Å². The van der Waals surface area contributed by atoms with Crippen LogP contribution in [0.2, 0.25) is 13.1 Å². The lowest BCUT2D eigenvalue weighted by molar-refractivity contribution is -0.117. The Morgan fingerprint density at radius 3 is 1.73 bits per heavy atom. The Hall–Kier alpha value is -2.67. The number of hydrogen-bond donors (Lipinski definition) is 1. The number of anilines is 2. The summed E-state index contributed by atoms with van der Waals surface area (Å²) in [4.78, 5) is 14.8. The number of primary amides is 1. The Bertz CT molecular complexity index is 976. The molecule has 2 N–H and O–H groups in total. The summed E-state index contributed by atoms with van der Waals surface area (Å²) in [6.07, 6.45) is 2.49. The molecular weight excluding hydrogens is 400 g/mol. The molecule has 3 rings (SSSR count). The first-order chi connectivity index (χ1) is 13.9. The second kappa shape index (κ2) is 7.87. The topological polar surface area (TPSA) is 49.6 Å². The summed E-state index contributed by atoms with van der Waals surface area (Å²) in [7, 11) is 5.02. The fourth-order valence-corrected chi connectivity index (χ4v) is 7.20. The minimum atomic E-state index is -2.25. The van der Waals surface area contributed by atoms with Crippen molar-refractivity contribution in [2.75, 3.05) is 38.0 Å². The molecule has 1 aliphatic rings. The summed E-state index contributed by atoms with van der Waals surface area (Å²) in [6.45, 7) is 4.42. The molecule has 1 aliphatic heterocycles. The van der Waals surface area contributed by atoms with Gasteiger partial charge in [0.2, 0.25) is 5.91 Å². The largest absolute Gasteiger partial charge is 0.375 e.